The topological polar surface area (TPSA) is 14.1 Å². The molecule has 0 fully saturated rings. The molecule has 8 heavy (non-hydrogen) atoms. The quantitative estimate of drug-likeness (QED) is 0.496. The van der Waals surface area contributed by atoms with Gasteiger partial charge in [-0.3, -0.25) is 0 Å². The highest BCUT2D eigenvalue weighted by Crippen LogP contribution is 2.21. The Morgan fingerprint density at radius 3 is 3.38 bits per heavy atom. The van der Waals surface area contributed by atoms with Crippen LogP contribution in [0.25, 0.3) is 0 Å². The minimum absolute atomic E-state index is 0.957. The van der Waals surface area contributed by atoms with Gasteiger partial charge in [-0.25, -0.2) is 5.32 Å². The number of nitrogens with zero attached hydrogens (tertiary/aromatic N) is 1. The second-order valence-electron chi connectivity index (χ2n) is 1.91. The number of hydrogen-bond acceptors (Lipinski definition) is 1. The SMILES string of the molecule is c1cc2c(s1)C[N]C2. The van der Waals surface area contributed by atoms with Gasteiger partial charge in [0, 0.05) is 18.0 Å². The van der Waals surface area contributed by atoms with Gasteiger partial charge in [0.05, 0.1) is 0 Å². The fraction of sp³-hybridized carbons (Fsp3) is 0.333. The van der Waals surface area contributed by atoms with Crippen molar-refractivity contribution in [3.63, 3.8) is 0 Å². The summed E-state index contributed by atoms with van der Waals surface area (Å²) in [5.41, 5.74) is 1.44. The van der Waals surface area contributed by atoms with Crippen molar-refractivity contribution in [2.24, 2.45) is 0 Å². The first-order chi connectivity index (χ1) is 3.97. The van der Waals surface area contributed by atoms with E-state index < -0.39 is 0 Å². The molecular formula is C6H6NS. The summed E-state index contributed by atoms with van der Waals surface area (Å²) in [5, 5.41) is 6.36. The molecule has 1 radical (unpaired) electrons. The summed E-state index contributed by atoms with van der Waals surface area (Å²) in [6.45, 7) is 1.92. The van der Waals surface area contributed by atoms with E-state index in [4.69, 9.17) is 0 Å². The Morgan fingerprint density at radius 1 is 1.50 bits per heavy atom. The average Bonchev–Trinajstić information content (AvgIpc) is 2.15. The van der Waals surface area contributed by atoms with Gasteiger partial charge in [0.25, 0.3) is 0 Å². The van der Waals surface area contributed by atoms with Crippen molar-refractivity contribution < 1.29 is 0 Å². The molecule has 41 valence electrons. The molecule has 0 aliphatic carbocycles. The zero-order valence-corrected chi connectivity index (χ0v) is 5.24. The van der Waals surface area contributed by atoms with E-state index in [2.05, 4.69) is 16.8 Å². The summed E-state index contributed by atoms with van der Waals surface area (Å²) in [7, 11) is 0. The van der Waals surface area contributed by atoms with Crippen molar-refractivity contribution in [3.05, 3.63) is 21.9 Å². The van der Waals surface area contributed by atoms with Crippen LogP contribution in [0.1, 0.15) is 10.4 Å². The van der Waals surface area contributed by atoms with Gasteiger partial charge in [-0.05, 0) is 17.0 Å². The Morgan fingerprint density at radius 2 is 2.50 bits per heavy atom. The number of rotatable bonds is 0. The van der Waals surface area contributed by atoms with Crippen molar-refractivity contribution >= 4 is 11.3 Å². The highest BCUT2D eigenvalue weighted by atomic mass is 32.1. The zero-order chi connectivity index (χ0) is 5.40. The van der Waals surface area contributed by atoms with Crippen molar-refractivity contribution in [3.8, 4) is 0 Å². The lowest BCUT2D eigenvalue weighted by atomic mass is 10.3. The maximum atomic E-state index is 4.22. The van der Waals surface area contributed by atoms with Gasteiger partial charge in [-0.2, -0.15) is 0 Å². The van der Waals surface area contributed by atoms with Crippen LogP contribution in [0.5, 0.6) is 0 Å². The fourth-order valence-corrected chi connectivity index (χ4v) is 1.77. The lowest BCUT2D eigenvalue weighted by Gasteiger charge is -1.78. The largest absolute Gasteiger partial charge is 0.231 e. The Hall–Kier alpha value is -0.340. The third-order valence-electron chi connectivity index (χ3n) is 1.38. The average molecular weight is 124 g/mol. The molecule has 0 amide bonds. The molecule has 2 heteroatoms. The summed E-state index contributed by atoms with van der Waals surface area (Å²) in [4.78, 5) is 1.46. The van der Waals surface area contributed by atoms with E-state index in [1.165, 1.54) is 10.4 Å². The fourth-order valence-electron chi connectivity index (χ4n) is 0.925. The lowest BCUT2D eigenvalue weighted by Crippen LogP contribution is -1.89. The Labute approximate surface area is 52.3 Å². The molecule has 0 unspecified atom stereocenters. The molecule has 1 aliphatic rings. The molecule has 0 spiro atoms. The van der Waals surface area contributed by atoms with Crippen molar-refractivity contribution in [1.82, 2.24) is 5.32 Å². The van der Waals surface area contributed by atoms with E-state index in [0.29, 0.717) is 0 Å². The predicted molar refractivity (Wildman–Crippen MR) is 33.9 cm³/mol. The van der Waals surface area contributed by atoms with E-state index in [-0.39, 0.29) is 0 Å². The maximum Gasteiger partial charge on any atom is 0.0485 e. The Kier molecular flexibility index (Phi) is 0.889. The van der Waals surface area contributed by atoms with Crippen LogP contribution in [0.15, 0.2) is 11.4 Å². The van der Waals surface area contributed by atoms with Crippen LogP contribution < -0.4 is 5.32 Å². The third-order valence-corrected chi connectivity index (χ3v) is 2.32. The van der Waals surface area contributed by atoms with Gasteiger partial charge in [-0.1, -0.05) is 0 Å². The Balaban J connectivity index is 2.54. The summed E-state index contributed by atoms with van der Waals surface area (Å²) in [6, 6.07) is 2.16. The summed E-state index contributed by atoms with van der Waals surface area (Å²) in [6.07, 6.45) is 0. The van der Waals surface area contributed by atoms with Crippen LogP contribution in [0, 0.1) is 0 Å². The van der Waals surface area contributed by atoms with Crippen LogP contribution in [-0.2, 0) is 13.1 Å². The van der Waals surface area contributed by atoms with Crippen LogP contribution in [0.4, 0.5) is 0 Å². The molecular weight excluding hydrogens is 118 g/mol. The van der Waals surface area contributed by atoms with Gasteiger partial charge in [0.1, 0.15) is 0 Å². The predicted octanol–water partition coefficient (Wildman–Crippen LogP) is 1.37. The van der Waals surface area contributed by atoms with Gasteiger partial charge in [0.2, 0.25) is 0 Å². The highest BCUT2D eigenvalue weighted by molar-refractivity contribution is 7.10. The first-order valence-electron chi connectivity index (χ1n) is 2.65. The summed E-state index contributed by atoms with van der Waals surface area (Å²) in [5.74, 6) is 0. The standard InChI is InChI=1S/C6H6NS/c1-2-8-6-4-7-3-5(1)6/h1-2H,3-4H2. The lowest BCUT2D eigenvalue weighted by molar-refractivity contribution is 0.748. The van der Waals surface area contributed by atoms with Gasteiger partial charge >= 0.3 is 0 Å². The van der Waals surface area contributed by atoms with Gasteiger partial charge in [0.15, 0.2) is 0 Å². The van der Waals surface area contributed by atoms with Crippen LogP contribution in [0.3, 0.4) is 0 Å². The monoisotopic (exact) mass is 124 g/mol. The first-order valence-corrected chi connectivity index (χ1v) is 3.53. The number of hydrogen-bond donors (Lipinski definition) is 0. The molecule has 0 atom stereocenters. The van der Waals surface area contributed by atoms with E-state index in [1.807, 2.05) is 11.3 Å². The number of fused-ring (bicyclic) bond motifs is 1. The van der Waals surface area contributed by atoms with E-state index in [9.17, 15) is 0 Å². The van der Waals surface area contributed by atoms with Crippen LogP contribution in [0.2, 0.25) is 0 Å². The minimum Gasteiger partial charge on any atom is -0.231 e. The molecule has 0 N–H and O–H groups in total. The van der Waals surface area contributed by atoms with Crippen LogP contribution in [-0.4, -0.2) is 0 Å². The maximum absolute atomic E-state index is 4.22. The molecule has 0 saturated heterocycles. The molecule has 1 nitrogen and oxygen atoms in total. The molecule has 2 rings (SSSR count). The van der Waals surface area contributed by atoms with E-state index in [1.54, 1.807) is 0 Å². The molecule has 1 aromatic rings. The molecule has 0 bridgehead atoms. The number of thiophene rings is 1. The first kappa shape index (κ1) is 4.53. The third kappa shape index (κ3) is 0.501. The van der Waals surface area contributed by atoms with Crippen molar-refractivity contribution in [2.45, 2.75) is 13.1 Å². The van der Waals surface area contributed by atoms with E-state index >= 15 is 0 Å². The minimum atomic E-state index is 0.957. The molecule has 0 saturated carbocycles. The normalized spacial score (nSPS) is 16.5. The highest BCUT2D eigenvalue weighted by Gasteiger charge is 2.10. The zero-order valence-electron chi connectivity index (χ0n) is 4.42. The Bertz CT molecular complexity index is 174. The summed E-state index contributed by atoms with van der Waals surface area (Å²) < 4.78 is 0. The van der Waals surface area contributed by atoms with Gasteiger partial charge in [-0.15, -0.1) is 11.3 Å². The van der Waals surface area contributed by atoms with E-state index in [0.717, 1.165) is 13.1 Å². The van der Waals surface area contributed by atoms with Crippen LogP contribution >= 0.6 is 11.3 Å². The van der Waals surface area contributed by atoms with Gasteiger partial charge < -0.3 is 0 Å². The molecule has 0 aromatic carbocycles. The molecule has 1 aromatic heterocycles. The second-order valence-corrected chi connectivity index (χ2v) is 2.91. The second kappa shape index (κ2) is 1.57. The molecule has 1 aliphatic heterocycles. The van der Waals surface area contributed by atoms with Crippen molar-refractivity contribution in [1.29, 1.82) is 0 Å². The smallest absolute Gasteiger partial charge is 0.0485 e. The summed E-state index contributed by atoms with van der Waals surface area (Å²) >= 11 is 1.82. The molecule has 2 heterocycles. The van der Waals surface area contributed by atoms with Crippen molar-refractivity contribution in [2.75, 3.05) is 0 Å².